The molecule has 0 aliphatic heterocycles. The van der Waals surface area contributed by atoms with Gasteiger partial charge in [-0.15, -0.1) is 0 Å². The molecule has 1 aromatic carbocycles. The molecule has 5 rings (SSSR count). The number of halogens is 2. The average Bonchev–Trinajstić information content (AvgIpc) is 2.93. The first-order chi connectivity index (χ1) is 11.3. The molecule has 2 aromatic rings. The van der Waals surface area contributed by atoms with E-state index in [2.05, 4.69) is 31.1 Å². The quantitative estimate of drug-likeness (QED) is 0.848. The second kappa shape index (κ2) is 5.04. The maximum absolute atomic E-state index is 13.8. The molecule has 0 spiro atoms. The minimum Gasteiger partial charge on any atom is -0.350 e. The molecular formula is C19H22F2N2O. The van der Waals surface area contributed by atoms with Crippen LogP contribution in [0.5, 0.6) is 0 Å². The van der Waals surface area contributed by atoms with Crippen molar-refractivity contribution in [3.63, 3.8) is 0 Å². The van der Waals surface area contributed by atoms with Gasteiger partial charge in [0.15, 0.2) is 0 Å². The highest BCUT2D eigenvalue weighted by molar-refractivity contribution is 5.98. The molecule has 3 aliphatic carbocycles. The third-order valence-electron chi connectivity index (χ3n) is 6.57. The van der Waals surface area contributed by atoms with Gasteiger partial charge in [0.2, 0.25) is 0 Å². The van der Waals surface area contributed by atoms with E-state index in [1.54, 1.807) is 0 Å². The number of aromatic nitrogens is 1. The van der Waals surface area contributed by atoms with Gasteiger partial charge in [-0.2, -0.15) is 0 Å². The van der Waals surface area contributed by atoms with Crippen LogP contribution in [-0.2, 0) is 0 Å². The number of aromatic amines is 1. The highest BCUT2D eigenvalue weighted by Gasteiger charge is 2.56. The van der Waals surface area contributed by atoms with Crippen molar-refractivity contribution < 1.29 is 13.6 Å². The number of amides is 1. The lowest BCUT2D eigenvalue weighted by Crippen LogP contribution is -2.60. The summed E-state index contributed by atoms with van der Waals surface area (Å²) < 4.78 is 27.1. The molecule has 0 radical (unpaired) electrons. The van der Waals surface area contributed by atoms with Gasteiger partial charge in [-0.05, 0) is 48.1 Å². The lowest BCUT2D eigenvalue weighted by Gasteiger charge is -2.62. The molecule has 3 nitrogen and oxygen atoms in total. The predicted octanol–water partition coefficient (Wildman–Crippen LogP) is 4.25. The summed E-state index contributed by atoms with van der Waals surface area (Å²) in [5.41, 5.74) is 0.945. The number of hydrogen-bond donors (Lipinski definition) is 2. The van der Waals surface area contributed by atoms with Crippen molar-refractivity contribution >= 4 is 16.8 Å². The van der Waals surface area contributed by atoms with Gasteiger partial charge in [0.25, 0.3) is 5.91 Å². The molecular weight excluding hydrogens is 310 g/mol. The van der Waals surface area contributed by atoms with Gasteiger partial charge in [0, 0.05) is 17.5 Å². The first-order valence-corrected chi connectivity index (χ1v) is 8.56. The molecule has 3 fully saturated rings. The second-order valence-electron chi connectivity index (χ2n) is 8.07. The Morgan fingerprint density at radius 2 is 2.00 bits per heavy atom. The lowest BCUT2D eigenvalue weighted by atomic mass is 9.45. The van der Waals surface area contributed by atoms with Crippen LogP contribution in [0.4, 0.5) is 8.78 Å². The minimum absolute atomic E-state index is 0.141. The van der Waals surface area contributed by atoms with E-state index in [1.807, 2.05) is 0 Å². The van der Waals surface area contributed by atoms with Gasteiger partial charge in [-0.3, -0.25) is 4.79 Å². The number of nitrogens with one attached hydrogen (secondary N) is 2. The number of fused-ring (bicyclic) bond motifs is 3. The SMILES string of the molecule is C[C@@H]1[C@@H](NC(=O)c2cc3c(F)cc(F)cc3[nH]2)C[C@H]2C[C@@H]1C2(C)C. The summed E-state index contributed by atoms with van der Waals surface area (Å²) in [7, 11) is 0. The molecule has 2 N–H and O–H groups in total. The zero-order valence-electron chi connectivity index (χ0n) is 14.1. The fraction of sp³-hybridized carbons (Fsp3) is 0.526. The van der Waals surface area contributed by atoms with Crippen LogP contribution in [0, 0.1) is 34.8 Å². The molecule has 5 heteroatoms. The number of carbonyl (C=O) groups is 1. The van der Waals surface area contributed by atoms with E-state index in [9.17, 15) is 13.6 Å². The van der Waals surface area contributed by atoms with Crippen molar-refractivity contribution in [1.82, 2.24) is 10.3 Å². The van der Waals surface area contributed by atoms with Gasteiger partial charge >= 0.3 is 0 Å². The lowest BCUT2D eigenvalue weighted by molar-refractivity contribution is -0.113. The summed E-state index contributed by atoms with van der Waals surface area (Å²) in [4.78, 5) is 15.4. The van der Waals surface area contributed by atoms with Crippen LogP contribution in [0.15, 0.2) is 18.2 Å². The van der Waals surface area contributed by atoms with Gasteiger partial charge < -0.3 is 10.3 Å². The second-order valence-corrected chi connectivity index (χ2v) is 8.07. The van der Waals surface area contributed by atoms with Gasteiger partial charge in [0.1, 0.15) is 17.3 Å². The Balaban J connectivity index is 1.54. The third-order valence-corrected chi connectivity index (χ3v) is 6.57. The van der Waals surface area contributed by atoms with Crippen LogP contribution < -0.4 is 5.32 Å². The average molecular weight is 332 g/mol. The van der Waals surface area contributed by atoms with Gasteiger partial charge in [0.05, 0.1) is 5.52 Å². The van der Waals surface area contributed by atoms with E-state index in [0.717, 1.165) is 12.5 Å². The molecule has 128 valence electrons. The Labute approximate surface area is 139 Å². The van der Waals surface area contributed by atoms with Crippen LogP contribution in [0.1, 0.15) is 44.1 Å². The van der Waals surface area contributed by atoms with Crippen molar-refractivity contribution in [2.45, 2.75) is 39.7 Å². The molecule has 24 heavy (non-hydrogen) atoms. The van der Waals surface area contributed by atoms with Crippen molar-refractivity contribution in [2.75, 3.05) is 0 Å². The summed E-state index contributed by atoms with van der Waals surface area (Å²) in [6, 6.07) is 3.63. The standard InChI is InChI=1S/C19H22F2N2O/c1-9-13-4-10(19(13,2)3)5-15(9)23-18(24)17-8-12-14(21)6-11(20)7-16(12)22-17/h6-10,13,15,22H,4-5H2,1-3H3,(H,23,24)/t9-,10+,13-,15-/m0/s1. The minimum atomic E-state index is -0.658. The molecule has 2 bridgehead atoms. The number of carbonyl (C=O) groups excluding carboxylic acids is 1. The topological polar surface area (TPSA) is 44.9 Å². The number of H-pyrrole nitrogens is 1. The van der Waals surface area contributed by atoms with E-state index >= 15 is 0 Å². The summed E-state index contributed by atoms with van der Waals surface area (Å²) in [6.07, 6.45) is 2.23. The maximum atomic E-state index is 13.8. The molecule has 0 saturated heterocycles. The van der Waals surface area contributed by atoms with Crippen LogP contribution in [0.2, 0.25) is 0 Å². The Morgan fingerprint density at radius 1 is 1.25 bits per heavy atom. The Bertz CT molecular complexity index is 826. The fourth-order valence-electron chi connectivity index (χ4n) is 4.87. The molecule has 0 unspecified atom stereocenters. The Morgan fingerprint density at radius 3 is 2.67 bits per heavy atom. The molecule has 1 aromatic heterocycles. The van der Waals surface area contributed by atoms with Gasteiger partial charge in [-0.1, -0.05) is 20.8 Å². The summed E-state index contributed by atoms with van der Waals surface area (Å²) >= 11 is 0. The molecule has 3 saturated carbocycles. The molecule has 1 amide bonds. The van der Waals surface area contributed by atoms with Crippen molar-refractivity contribution in [1.29, 1.82) is 0 Å². The van der Waals surface area contributed by atoms with E-state index in [4.69, 9.17) is 0 Å². The van der Waals surface area contributed by atoms with E-state index < -0.39 is 11.6 Å². The van der Waals surface area contributed by atoms with Crippen LogP contribution in [0.25, 0.3) is 10.9 Å². The Hall–Kier alpha value is -1.91. The molecule has 4 atom stereocenters. The predicted molar refractivity (Wildman–Crippen MR) is 88.6 cm³/mol. The smallest absolute Gasteiger partial charge is 0.267 e. The highest BCUT2D eigenvalue weighted by Crippen LogP contribution is 2.61. The zero-order chi connectivity index (χ0) is 17.2. The molecule has 3 aliphatic rings. The van der Waals surface area contributed by atoms with E-state index in [0.29, 0.717) is 28.7 Å². The third kappa shape index (κ3) is 2.17. The van der Waals surface area contributed by atoms with Crippen LogP contribution in [0.3, 0.4) is 0 Å². The van der Waals surface area contributed by atoms with Crippen LogP contribution >= 0.6 is 0 Å². The zero-order valence-corrected chi connectivity index (χ0v) is 14.1. The monoisotopic (exact) mass is 332 g/mol. The first kappa shape index (κ1) is 15.6. The summed E-state index contributed by atoms with van der Waals surface area (Å²) in [6.45, 7) is 6.83. The largest absolute Gasteiger partial charge is 0.350 e. The van der Waals surface area contributed by atoms with Crippen LogP contribution in [-0.4, -0.2) is 16.9 Å². The molecule has 1 heterocycles. The van der Waals surface area contributed by atoms with E-state index in [-0.39, 0.29) is 23.0 Å². The highest BCUT2D eigenvalue weighted by atomic mass is 19.1. The van der Waals surface area contributed by atoms with E-state index in [1.165, 1.54) is 18.6 Å². The number of hydrogen-bond acceptors (Lipinski definition) is 1. The van der Waals surface area contributed by atoms with Crippen molar-refractivity contribution in [3.05, 3.63) is 35.5 Å². The summed E-state index contributed by atoms with van der Waals surface area (Å²) in [5, 5.41) is 3.33. The summed E-state index contributed by atoms with van der Waals surface area (Å²) in [5.74, 6) is 0.148. The maximum Gasteiger partial charge on any atom is 0.267 e. The normalized spacial score (nSPS) is 30.9. The fourth-order valence-corrected chi connectivity index (χ4v) is 4.87. The van der Waals surface area contributed by atoms with Crippen molar-refractivity contribution in [3.8, 4) is 0 Å². The van der Waals surface area contributed by atoms with Gasteiger partial charge in [-0.25, -0.2) is 8.78 Å². The number of rotatable bonds is 2. The first-order valence-electron chi connectivity index (χ1n) is 8.56. The number of benzene rings is 1. The Kier molecular flexibility index (Phi) is 3.28. The van der Waals surface area contributed by atoms with Crippen molar-refractivity contribution in [2.24, 2.45) is 23.2 Å².